The summed E-state index contributed by atoms with van der Waals surface area (Å²) in [5.74, 6) is 1.38. The van der Waals surface area contributed by atoms with Crippen molar-refractivity contribution in [1.29, 1.82) is 0 Å². The molecule has 0 saturated heterocycles. The molecule has 0 aliphatic rings. The van der Waals surface area contributed by atoms with Crippen LogP contribution in [0.25, 0.3) is 0 Å². The van der Waals surface area contributed by atoms with E-state index < -0.39 is 9.84 Å². The topological polar surface area (TPSA) is 82.3 Å². The highest BCUT2D eigenvalue weighted by molar-refractivity contribution is 7.90. The lowest BCUT2D eigenvalue weighted by Crippen LogP contribution is -2.02. The highest BCUT2D eigenvalue weighted by atomic mass is 35.5. The number of hydrogen-bond donors (Lipinski definition) is 0. The summed E-state index contributed by atoms with van der Waals surface area (Å²) in [6.45, 7) is 2.00. The summed E-state index contributed by atoms with van der Waals surface area (Å²) in [5, 5.41) is 4.76. The normalized spacial score (nSPS) is 12.7. The van der Waals surface area contributed by atoms with Gasteiger partial charge in [-0.1, -0.05) is 47.9 Å². The zero-order valence-corrected chi connectivity index (χ0v) is 17.4. The van der Waals surface area contributed by atoms with Crippen molar-refractivity contribution in [1.82, 2.24) is 10.1 Å². The largest absolute Gasteiger partial charge is 0.495 e. The standard InChI is InChI=1S/C20H21ClN2O4S/c1-13(10-15-6-4-5-7-16(15)21)20-22-19(23-27-20)12-14-8-9-18(28(3,24)25)17(11-14)26-2/h4-9,11,13H,10,12H2,1-3H3. The molecule has 6 nitrogen and oxygen atoms in total. The number of nitrogens with zero attached hydrogens (tertiary/aromatic N) is 2. The van der Waals surface area contributed by atoms with Crippen LogP contribution in [0, 0.1) is 0 Å². The summed E-state index contributed by atoms with van der Waals surface area (Å²) < 4.78 is 34.2. The second-order valence-corrected chi connectivity index (χ2v) is 9.07. The van der Waals surface area contributed by atoms with Crippen molar-refractivity contribution < 1.29 is 17.7 Å². The molecule has 0 aliphatic carbocycles. The minimum atomic E-state index is -3.36. The van der Waals surface area contributed by atoms with Gasteiger partial charge in [0.1, 0.15) is 10.6 Å². The lowest BCUT2D eigenvalue weighted by molar-refractivity contribution is 0.355. The number of methoxy groups -OCH3 is 1. The van der Waals surface area contributed by atoms with Gasteiger partial charge in [-0.15, -0.1) is 0 Å². The molecule has 1 atom stereocenters. The Bertz CT molecular complexity index is 1080. The number of rotatable bonds is 7. The van der Waals surface area contributed by atoms with E-state index in [1.807, 2.05) is 31.2 Å². The molecule has 0 saturated carbocycles. The molecule has 0 N–H and O–H groups in total. The quantitative estimate of drug-likeness (QED) is 0.573. The van der Waals surface area contributed by atoms with Crippen molar-refractivity contribution in [2.45, 2.75) is 30.6 Å². The first kappa shape index (κ1) is 20.4. The lowest BCUT2D eigenvalue weighted by Gasteiger charge is -2.08. The third-order valence-electron chi connectivity index (χ3n) is 4.38. The molecule has 148 valence electrons. The second-order valence-electron chi connectivity index (χ2n) is 6.68. The summed E-state index contributed by atoms with van der Waals surface area (Å²) in [7, 11) is -1.92. The van der Waals surface area contributed by atoms with Crippen LogP contribution in [0.3, 0.4) is 0 Å². The Kier molecular flexibility index (Phi) is 6.05. The Hall–Kier alpha value is -2.38. The van der Waals surface area contributed by atoms with E-state index in [2.05, 4.69) is 10.1 Å². The maximum absolute atomic E-state index is 11.8. The van der Waals surface area contributed by atoms with E-state index in [4.69, 9.17) is 20.9 Å². The van der Waals surface area contributed by atoms with Gasteiger partial charge in [-0.3, -0.25) is 0 Å². The van der Waals surface area contributed by atoms with Crippen LogP contribution in [0.15, 0.2) is 51.9 Å². The molecule has 0 aliphatic heterocycles. The zero-order valence-electron chi connectivity index (χ0n) is 15.8. The van der Waals surface area contributed by atoms with Gasteiger partial charge in [0.05, 0.1) is 7.11 Å². The lowest BCUT2D eigenvalue weighted by atomic mass is 10.0. The van der Waals surface area contributed by atoms with E-state index in [0.717, 1.165) is 17.4 Å². The molecule has 1 heterocycles. The third-order valence-corrected chi connectivity index (χ3v) is 5.88. The average Bonchev–Trinajstić information content (AvgIpc) is 3.11. The monoisotopic (exact) mass is 420 g/mol. The van der Waals surface area contributed by atoms with E-state index in [0.29, 0.717) is 35.3 Å². The van der Waals surface area contributed by atoms with Gasteiger partial charge in [-0.2, -0.15) is 4.98 Å². The van der Waals surface area contributed by atoms with Crippen molar-refractivity contribution in [3.63, 3.8) is 0 Å². The molecule has 2 aromatic carbocycles. The fraction of sp³-hybridized carbons (Fsp3) is 0.300. The van der Waals surface area contributed by atoms with Crippen molar-refractivity contribution in [3.8, 4) is 5.75 Å². The maximum Gasteiger partial charge on any atom is 0.229 e. The van der Waals surface area contributed by atoms with Crippen LogP contribution >= 0.6 is 11.6 Å². The Morgan fingerprint density at radius 1 is 1.21 bits per heavy atom. The summed E-state index contributed by atoms with van der Waals surface area (Å²) in [6, 6.07) is 12.6. The molecule has 0 fully saturated rings. The van der Waals surface area contributed by atoms with Crippen LogP contribution in [-0.2, 0) is 22.7 Å². The summed E-state index contributed by atoms with van der Waals surface area (Å²) in [4.78, 5) is 4.63. The number of halogens is 1. The molecule has 1 unspecified atom stereocenters. The predicted molar refractivity (Wildman–Crippen MR) is 107 cm³/mol. The van der Waals surface area contributed by atoms with Crippen molar-refractivity contribution >= 4 is 21.4 Å². The molecular formula is C20H21ClN2O4S. The molecule has 28 heavy (non-hydrogen) atoms. The number of sulfone groups is 1. The summed E-state index contributed by atoms with van der Waals surface area (Å²) in [5.41, 5.74) is 1.85. The Balaban J connectivity index is 1.75. The Labute approximate surface area is 169 Å². The maximum atomic E-state index is 11.8. The van der Waals surface area contributed by atoms with Gasteiger partial charge in [-0.05, 0) is 35.7 Å². The van der Waals surface area contributed by atoms with Gasteiger partial charge in [0, 0.05) is 23.6 Å². The van der Waals surface area contributed by atoms with E-state index in [1.165, 1.54) is 13.2 Å². The van der Waals surface area contributed by atoms with Gasteiger partial charge in [0.2, 0.25) is 5.89 Å². The van der Waals surface area contributed by atoms with Crippen molar-refractivity contribution in [2.75, 3.05) is 13.4 Å². The van der Waals surface area contributed by atoms with Crippen LogP contribution < -0.4 is 4.74 Å². The van der Waals surface area contributed by atoms with E-state index in [1.54, 1.807) is 12.1 Å². The van der Waals surface area contributed by atoms with Crippen molar-refractivity contribution in [3.05, 3.63) is 70.3 Å². The van der Waals surface area contributed by atoms with Crippen LogP contribution in [0.5, 0.6) is 5.75 Å². The first-order valence-corrected chi connectivity index (χ1v) is 11.0. The van der Waals surface area contributed by atoms with Crippen molar-refractivity contribution in [2.24, 2.45) is 0 Å². The third kappa shape index (κ3) is 4.72. The summed E-state index contributed by atoms with van der Waals surface area (Å²) >= 11 is 6.22. The molecule has 3 rings (SSSR count). The van der Waals surface area contributed by atoms with Gasteiger partial charge >= 0.3 is 0 Å². The van der Waals surface area contributed by atoms with E-state index in [9.17, 15) is 8.42 Å². The Morgan fingerprint density at radius 2 is 1.96 bits per heavy atom. The highest BCUT2D eigenvalue weighted by Crippen LogP contribution is 2.27. The zero-order chi connectivity index (χ0) is 20.3. The minimum Gasteiger partial charge on any atom is -0.495 e. The van der Waals surface area contributed by atoms with Crippen LogP contribution in [0.2, 0.25) is 5.02 Å². The Morgan fingerprint density at radius 3 is 2.64 bits per heavy atom. The van der Waals surface area contributed by atoms with Crippen LogP contribution in [0.4, 0.5) is 0 Å². The average molecular weight is 421 g/mol. The molecule has 0 amide bonds. The number of hydrogen-bond acceptors (Lipinski definition) is 6. The minimum absolute atomic E-state index is 0.0169. The number of ether oxygens (including phenoxy) is 1. The van der Waals surface area contributed by atoms with Gasteiger partial charge < -0.3 is 9.26 Å². The molecule has 0 spiro atoms. The SMILES string of the molecule is COc1cc(Cc2noc(C(C)Cc3ccccc3Cl)n2)ccc1S(C)(=O)=O. The smallest absolute Gasteiger partial charge is 0.229 e. The van der Waals surface area contributed by atoms with Crippen LogP contribution in [-0.4, -0.2) is 31.9 Å². The van der Waals surface area contributed by atoms with Gasteiger partial charge in [0.25, 0.3) is 0 Å². The van der Waals surface area contributed by atoms with E-state index in [-0.39, 0.29) is 10.8 Å². The summed E-state index contributed by atoms with van der Waals surface area (Å²) in [6.07, 6.45) is 2.25. The first-order valence-electron chi connectivity index (χ1n) is 8.70. The molecule has 0 bridgehead atoms. The molecular weight excluding hydrogens is 400 g/mol. The predicted octanol–water partition coefficient (Wildman–Crippen LogP) is 4.07. The molecule has 8 heteroatoms. The fourth-order valence-electron chi connectivity index (χ4n) is 2.93. The second kappa shape index (κ2) is 8.32. The highest BCUT2D eigenvalue weighted by Gasteiger charge is 2.18. The molecule has 1 aromatic heterocycles. The fourth-order valence-corrected chi connectivity index (χ4v) is 3.97. The molecule has 0 radical (unpaired) electrons. The van der Waals surface area contributed by atoms with Crippen LogP contribution in [0.1, 0.15) is 35.7 Å². The number of aromatic nitrogens is 2. The van der Waals surface area contributed by atoms with Gasteiger partial charge in [0.15, 0.2) is 15.7 Å². The molecule has 3 aromatic rings. The first-order chi connectivity index (χ1) is 13.3. The number of benzene rings is 2. The van der Waals surface area contributed by atoms with Gasteiger partial charge in [-0.25, -0.2) is 8.42 Å². The van der Waals surface area contributed by atoms with E-state index >= 15 is 0 Å².